The summed E-state index contributed by atoms with van der Waals surface area (Å²) >= 11 is 0. The van der Waals surface area contributed by atoms with Crippen LogP contribution in [0.1, 0.15) is 13.3 Å². The van der Waals surface area contributed by atoms with E-state index in [1.165, 1.54) is 0 Å². The van der Waals surface area contributed by atoms with Crippen LogP contribution in [0.2, 0.25) is 0 Å². The summed E-state index contributed by atoms with van der Waals surface area (Å²) in [6.45, 7) is 5.18. The van der Waals surface area contributed by atoms with Crippen molar-refractivity contribution >= 4 is 12.4 Å². The third-order valence-electron chi connectivity index (χ3n) is 1.86. The fourth-order valence-electron chi connectivity index (χ4n) is 1.44. The molecule has 2 unspecified atom stereocenters. The Hall–Kier alpha value is 0.170. The van der Waals surface area contributed by atoms with Crippen molar-refractivity contribution in [3.63, 3.8) is 0 Å². The summed E-state index contributed by atoms with van der Waals surface area (Å²) in [5, 5.41) is 0. The number of nitrogens with zero attached hydrogens (tertiary/aromatic N) is 1. The van der Waals surface area contributed by atoms with Gasteiger partial charge >= 0.3 is 0 Å². The van der Waals surface area contributed by atoms with Crippen molar-refractivity contribution in [2.24, 2.45) is 11.5 Å². The summed E-state index contributed by atoms with van der Waals surface area (Å²) in [5.41, 5.74) is 11.4. The van der Waals surface area contributed by atoms with Gasteiger partial charge in [0.2, 0.25) is 0 Å². The Labute approximate surface area is 74.5 Å². The predicted molar refractivity (Wildman–Crippen MR) is 49.9 cm³/mol. The maximum Gasteiger partial charge on any atom is 0.0180 e. The molecule has 0 saturated carbocycles. The van der Waals surface area contributed by atoms with Crippen LogP contribution in [0, 0.1) is 0 Å². The lowest BCUT2D eigenvalue weighted by molar-refractivity contribution is 0.317. The van der Waals surface area contributed by atoms with E-state index in [9.17, 15) is 0 Å². The van der Waals surface area contributed by atoms with Crippen LogP contribution in [0.5, 0.6) is 0 Å². The monoisotopic (exact) mass is 179 g/mol. The Morgan fingerprint density at radius 3 is 2.64 bits per heavy atom. The molecule has 11 heavy (non-hydrogen) atoms. The van der Waals surface area contributed by atoms with Gasteiger partial charge in [-0.05, 0) is 19.9 Å². The van der Waals surface area contributed by atoms with E-state index < -0.39 is 0 Å². The van der Waals surface area contributed by atoms with Crippen LogP contribution >= 0.6 is 12.4 Å². The summed E-state index contributed by atoms with van der Waals surface area (Å²) in [4.78, 5) is 2.33. The lowest BCUT2D eigenvalue weighted by atomic mass is 10.3. The smallest absolute Gasteiger partial charge is 0.0180 e. The number of hydrogen-bond acceptors (Lipinski definition) is 3. The van der Waals surface area contributed by atoms with E-state index in [0.29, 0.717) is 6.04 Å². The summed E-state index contributed by atoms with van der Waals surface area (Å²) < 4.78 is 0. The fraction of sp³-hybridized carbons (Fsp3) is 1.00. The second-order valence-corrected chi connectivity index (χ2v) is 3.29. The Morgan fingerprint density at radius 2 is 2.27 bits per heavy atom. The number of nitrogens with two attached hydrogens (primary N) is 2. The first-order valence-corrected chi connectivity index (χ1v) is 3.92. The molecule has 0 aliphatic carbocycles. The molecule has 1 heterocycles. The van der Waals surface area contributed by atoms with Gasteiger partial charge in [0.1, 0.15) is 0 Å². The number of rotatable bonds is 2. The Balaban J connectivity index is 0.000001000. The summed E-state index contributed by atoms with van der Waals surface area (Å²) in [6, 6.07) is 0.670. The topological polar surface area (TPSA) is 55.3 Å². The first-order valence-electron chi connectivity index (χ1n) is 3.92. The van der Waals surface area contributed by atoms with E-state index in [0.717, 1.165) is 26.1 Å². The van der Waals surface area contributed by atoms with Crippen LogP contribution in [0.25, 0.3) is 0 Å². The molecular weight excluding hydrogens is 162 g/mol. The van der Waals surface area contributed by atoms with Crippen LogP contribution in [-0.4, -0.2) is 36.6 Å². The second kappa shape index (κ2) is 4.93. The van der Waals surface area contributed by atoms with Gasteiger partial charge in [-0.25, -0.2) is 0 Å². The number of halogens is 1. The van der Waals surface area contributed by atoms with Crippen LogP contribution in [-0.2, 0) is 0 Å². The molecule has 1 fully saturated rings. The molecule has 4 N–H and O–H groups in total. The van der Waals surface area contributed by atoms with E-state index in [1.807, 2.05) is 6.92 Å². The highest BCUT2D eigenvalue weighted by molar-refractivity contribution is 5.85. The highest BCUT2D eigenvalue weighted by Crippen LogP contribution is 2.05. The second-order valence-electron chi connectivity index (χ2n) is 3.29. The molecule has 1 rings (SSSR count). The molecule has 1 saturated heterocycles. The third kappa shape index (κ3) is 3.91. The van der Waals surface area contributed by atoms with Gasteiger partial charge in [-0.15, -0.1) is 12.4 Å². The van der Waals surface area contributed by atoms with Gasteiger partial charge in [0.15, 0.2) is 0 Å². The Kier molecular flexibility index (Phi) is 5.01. The number of likely N-dealkylation sites (tertiary alicyclic amines) is 1. The van der Waals surface area contributed by atoms with Crippen molar-refractivity contribution in [3.05, 3.63) is 0 Å². The molecule has 0 spiro atoms. The van der Waals surface area contributed by atoms with Gasteiger partial charge in [-0.2, -0.15) is 0 Å². The van der Waals surface area contributed by atoms with Crippen molar-refractivity contribution in [2.45, 2.75) is 25.4 Å². The maximum atomic E-state index is 5.72. The lowest BCUT2D eigenvalue weighted by Gasteiger charge is -2.16. The lowest BCUT2D eigenvalue weighted by Crippen LogP contribution is -2.35. The van der Waals surface area contributed by atoms with E-state index in [1.54, 1.807) is 0 Å². The van der Waals surface area contributed by atoms with Gasteiger partial charge in [0.05, 0.1) is 0 Å². The summed E-state index contributed by atoms with van der Waals surface area (Å²) in [5.74, 6) is 0. The average molecular weight is 180 g/mol. The molecule has 2 atom stereocenters. The summed E-state index contributed by atoms with van der Waals surface area (Å²) in [6.07, 6.45) is 1.13. The minimum atomic E-state index is 0. The minimum absolute atomic E-state index is 0. The molecule has 0 aromatic rings. The third-order valence-corrected chi connectivity index (χ3v) is 1.86. The van der Waals surface area contributed by atoms with Gasteiger partial charge in [0, 0.05) is 25.2 Å². The van der Waals surface area contributed by atoms with E-state index >= 15 is 0 Å². The van der Waals surface area contributed by atoms with E-state index in [4.69, 9.17) is 11.5 Å². The summed E-state index contributed by atoms with van der Waals surface area (Å²) in [7, 11) is 0. The average Bonchev–Trinajstić information content (AvgIpc) is 2.13. The van der Waals surface area contributed by atoms with Crippen molar-refractivity contribution < 1.29 is 0 Å². The van der Waals surface area contributed by atoms with Crippen LogP contribution in [0.3, 0.4) is 0 Å². The van der Waals surface area contributed by atoms with Crippen molar-refractivity contribution in [1.82, 2.24) is 4.90 Å². The van der Waals surface area contributed by atoms with Gasteiger partial charge < -0.3 is 16.4 Å². The molecule has 0 aromatic heterocycles. The van der Waals surface area contributed by atoms with Gasteiger partial charge in [0.25, 0.3) is 0 Å². The molecule has 4 heteroatoms. The maximum absolute atomic E-state index is 5.72. The van der Waals surface area contributed by atoms with Crippen LogP contribution < -0.4 is 11.5 Å². The first kappa shape index (κ1) is 11.2. The molecule has 68 valence electrons. The standard InChI is InChI=1S/C7H17N3.ClH/c1-6(8)4-10-3-2-7(9)5-10;/h6-7H,2-5,8-9H2,1H3;1H. The fourth-order valence-corrected chi connectivity index (χ4v) is 1.44. The molecule has 3 nitrogen and oxygen atoms in total. The van der Waals surface area contributed by atoms with Crippen molar-refractivity contribution in [1.29, 1.82) is 0 Å². The quantitative estimate of drug-likeness (QED) is 0.617. The normalized spacial score (nSPS) is 28.1. The van der Waals surface area contributed by atoms with Crippen LogP contribution in [0.4, 0.5) is 0 Å². The Bertz CT molecular complexity index is 108. The molecule has 0 aromatic carbocycles. The van der Waals surface area contributed by atoms with Gasteiger partial charge in [-0.3, -0.25) is 0 Å². The van der Waals surface area contributed by atoms with Gasteiger partial charge in [-0.1, -0.05) is 0 Å². The SMILES string of the molecule is CC(N)CN1CCC(N)C1.Cl. The molecule has 0 bridgehead atoms. The minimum Gasteiger partial charge on any atom is -0.327 e. The number of hydrogen-bond donors (Lipinski definition) is 2. The molecule has 0 radical (unpaired) electrons. The van der Waals surface area contributed by atoms with Crippen molar-refractivity contribution in [2.75, 3.05) is 19.6 Å². The molecular formula is C7H18ClN3. The highest BCUT2D eigenvalue weighted by atomic mass is 35.5. The van der Waals surface area contributed by atoms with Crippen LogP contribution in [0.15, 0.2) is 0 Å². The zero-order valence-corrected chi connectivity index (χ0v) is 7.81. The zero-order chi connectivity index (χ0) is 7.56. The Morgan fingerprint density at radius 1 is 1.64 bits per heavy atom. The highest BCUT2D eigenvalue weighted by Gasteiger charge is 2.18. The van der Waals surface area contributed by atoms with E-state index in [-0.39, 0.29) is 18.4 Å². The largest absolute Gasteiger partial charge is 0.327 e. The van der Waals surface area contributed by atoms with E-state index in [2.05, 4.69) is 4.90 Å². The predicted octanol–water partition coefficient (Wildman–Crippen LogP) is -0.212. The first-order chi connectivity index (χ1) is 4.68. The molecule has 1 aliphatic rings. The zero-order valence-electron chi connectivity index (χ0n) is 6.99. The molecule has 1 aliphatic heterocycles. The molecule has 0 amide bonds. The van der Waals surface area contributed by atoms with Crippen molar-refractivity contribution in [3.8, 4) is 0 Å².